The fraction of sp³-hybridized carbons (Fsp3) is 0.933. The van der Waals surface area contributed by atoms with Gasteiger partial charge in [-0.2, -0.15) is 0 Å². The molecular formula is C15H28N2O2. The number of carbonyl (C=O) groups excluding carboxylic acids is 1. The standard InChI is InChI=1S/C15H28N2O2/c1-4-16-15(3,14(18)19-5-2)11-17(13-8-9-13)10-12-6-7-12/h12-13,16H,4-11H2,1-3H3. The zero-order valence-corrected chi connectivity index (χ0v) is 12.6. The van der Waals surface area contributed by atoms with Gasteiger partial charge >= 0.3 is 5.97 Å². The van der Waals surface area contributed by atoms with Crippen LogP contribution in [0.25, 0.3) is 0 Å². The number of ether oxygens (including phenoxy) is 1. The molecule has 2 aliphatic carbocycles. The van der Waals surface area contributed by atoms with Crippen LogP contribution in [0.15, 0.2) is 0 Å². The molecule has 110 valence electrons. The minimum atomic E-state index is -0.567. The summed E-state index contributed by atoms with van der Waals surface area (Å²) in [5.74, 6) is 0.756. The van der Waals surface area contributed by atoms with Gasteiger partial charge in [-0.3, -0.25) is 9.69 Å². The molecule has 0 aromatic carbocycles. The van der Waals surface area contributed by atoms with Crippen LogP contribution in [0.1, 0.15) is 46.5 Å². The Morgan fingerprint density at radius 2 is 2.00 bits per heavy atom. The molecule has 19 heavy (non-hydrogen) atoms. The van der Waals surface area contributed by atoms with Crippen molar-refractivity contribution >= 4 is 5.97 Å². The van der Waals surface area contributed by atoms with Gasteiger partial charge in [0.05, 0.1) is 6.61 Å². The van der Waals surface area contributed by atoms with E-state index >= 15 is 0 Å². The van der Waals surface area contributed by atoms with Crippen LogP contribution in [-0.2, 0) is 9.53 Å². The summed E-state index contributed by atoms with van der Waals surface area (Å²) < 4.78 is 5.25. The van der Waals surface area contributed by atoms with Crippen LogP contribution in [-0.4, -0.2) is 48.7 Å². The van der Waals surface area contributed by atoms with E-state index in [0.717, 1.165) is 25.6 Å². The Kier molecular flexibility index (Phi) is 4.85. The highest BCUT2D eigenvalue weighted by atomic mass is 16.5. The number of hydrogen-bond donors (Lipinski definition) is 1. The van der Waals surface area contributed by atoms with E-state index in [0.29, 0.717) is 12.6 Å². The lowest BCUT2D eigenvalue weighted by molar-refractivity contribution is -0.151. The van der Waals surface area contributed by atoms with Crippen molar-refractivity contribution in [2.45, 2.75) is 58.0 Å². The summed E-state index contributed by atoms with van der Waals surface area (Å²) in [5, 5.41) is 3.33. The Hall–Kier alpha value is -0.610. The third-order valence-corrected chi connectivity index (χ3v) is 4.07. The first kappa shape index (κ1) is 14.8. The molecule has 4 nitrogen and oxygen atoms in total. The fourth-order valence-electron chi connectivity index (χ4n) is 2.69. The van der Waals surface area contributed by atoms with E-state index in [1.807, 2.05) is 20.8 Å². The third kappa shape index (κ3) is 4.18. The zero-order chi connectivity index (χ0) is 13.9. The maximum Gasteiger partial charge on any atom is 0.327 e. The smallest absolute Gasteiger partial charge is 0.327 e. The normalized spacial score (nSPS) is 22.3. The topological polar surface area (TPSA) is 41.6 Å². The largest absolute Gasteiger partial charge is 0.465 e. The zero-order valence-electron chi connectivity index (χ0n) is 12.6. The Morgan fingerprint density at radius 1 is 1.32 bits per heavy atom. The van der Waals surface area contributed by atoms with E-state index < -0.39 is 5.54 Å². The summed E-state index contributed by atoms with van der Waals surface area (Å²) in [5.41, 5.74) is -0.567. The second-order valence-corrected chi connectivity index (χ2v) is 6.19. The summed E-state index contributed by atoms with van der Waals surface area (Å²) in [6, 6.07) is 0.702. The van der Waals surface area contributed by atoms with Crippen molar-refractivity contribution in [1.82, 2.24) is 10.2 Å². The lowest BCUT2D eigenvalue weighted by Crippen LogP contribution is -2.58. The number of likely N-dealkylation sites (N-methyl/N-ethyl adjacent to an activating group) is 1. The molecule has 1 N–H and O–H groups in total. The van der Waals surface area contributed by atoms with Crippen LogP contribution in [0.4, 0.5) is 0 Å². The van der Waals surface area contributed by atoms with Crippen molar-refractivity contribution in [2.24, 2.45) is 5.92 Å². The average molecular weight is 268 g/mol. The lowest BCUT2D eigenvalue weighted by atomic mass is 10.0. The van der Waals surface area contributed by atoms with Gasteiger partial charge in [0.1, 0.15) is 5.54 Å². The summed E-state index contributed by atoms with van der Waals surface area (Å²) in [4.78, 5) is 14.7. The van der Waals surface area contributed by atoms with Crippen LogP contribution in [0, 0.1) is 5.92 Å². The maximum absolute atomic E-state index is 12.2. The molecule has 2 saturated carbocycles. The summed E-state index contributed by atoms with van der Waals surface area (Å²) in [6.45, 7) is 9.07. The number of esters is 1. The van der Waals surface area contributed by atoms with Crippen molar-refractivity contribution in [3.8, 4) is 0 Å². The molecule has 2 fully saturated rings. The van der Waals surface area contributed by atoms with Gasteiger partial charge in [-0.1, -0.05) is 6.92 Å². The molecule has 0 amide bonds. The second kappa shape index (κ2) is 6.23. The van der Waals surface area contributed by atoms with Gasteiger partial charge in [0.2, 0.25) is 0 Å². The SMILES string of the molecule is CCNC(C)(CN(CC1CC1)C1CC1)C(=O)OCC. The average Bonchev–Trinajstić information content (AvgIpc) is 3.22. The van der Waals surface area contributed by atoms with Gasteiger partial charge in [-0.15, -0.1) is 0 Å². The first-order valence-electron chi connectivity index (χ1n) is 7.75. The van der Waals surface area contributed by atoms with Crippen molar-refractivity contribution in [3.63, 3.8) is 0 Å². The number of rotatable bonds is 9. The molecule has 1 atom stereocenters. The summed E-state index contributed by atoms with van der Waals surface area (Å²) in [7, 11) is 0. The molecule has 4 heteroatoms. The number of nitrogens with one attached hydrogen (secondary N) is 1. The monoisotopic (exact) mass is 268 g/mol. The van der Waals surface area contributed by atoms with E-state index in [-0.39, 0.29) is 5.97 Å². The van der Waals surface area contributed by atoms with E-state index in [9.17, 15) is 4.79 Å². The fourth-order valence-corrected chi connectivity index (χ4v) is 2.69. The number of hydrogen-bond acceptors (Lipinski definition) is 4. The van der Waals surface area contributed by atoms with E-state index in [2.05, 4.69) is 10.2 Å². The van der Waals surface area contributed by atoms with Crippen LogP contribution in [0.5, 0.6) is 0 Å². The molecule has 0 aliphatic heterocycles. The predicted octanol–water partition coefficient (Wildman–Crippen LogP) is 1.79. The lowest BCUT2D eigenvalue weighted by Gasteiger charge is -2.34. The van der Waals surface area contributed by atoms with E-state index in [1.54, 1.807) is 0 Å². The van der Waals surface area contributed by atoms with Crippen molar-refractivity contribution in [3.05, 3.63) is 0 Å². The highest BCUT2D eigenvalue weighted by molar-refractivity contribution is 5.80. The first-order valence-corrected chi connectivity index (χ1v) is 7.75. The van der Waals surface area contributed by atoms with Crippen molar-refractivity contribution in [1.29, 1.82) is 0 Å². The Labute approximate surface area is 116 Å². The Bertz CT molecular complexity index is 313. The van der Waals surface area contributed by atoms with Crippen LogP contribution < -0.4 is 5.32 Å². The van der Waals surface area contributed by atoms with Gasteiger partial charge in [0.25, 0.3) is 0 Å². The minimum Gasteiger partial charge on any atom is -0.465 e. The maximum atomic E-state index is 12.2. The molecule has 0 aromatic heterocycles. The van der Waals surface area contributed by atoms with Crippen LogP contribution >= 0.6 is 0 Å². The van der Waals surface area contributed by atoms with E-state index in [1.165, 1.54) is 25.7 Å². The molecular weight excluding hydrogens is 240 g/mol. The molecule has 0 radical (unpaired) electrons. The van der Waals surface area contributed by atoms with E-state index in [4.69, 9.17) is 4.74 Å². The molecule has 2 aliphatic rings. The summed E-state index contributed by atoms with van der Waals surface area (Å²) >= 11 is 0. The van der Waals surface area contributed by atoms with Gasteiger partial charge < -0.3 is 10.1 Å². The number of carbonyl (C=O) groups is 1. The molecule has 0 bridgehead atoms. The minimum absolute atomic E-state index is 0.113. The van der Waals surface area contributed by atoms with Gasteiger partial charge in [-0.05, 0) is 52.0 Å². The molecule has 2 rings (SSSR count). The molecule has 0 aromatic rings. The van der Waals surface area contributed by atoms with Crippen LogP contribution in [0.2, 0.25) is 0 Å². The van der Waals surface area contributed by atoms with Gasteiger partial charge in [0.15, 0.2) is 0 Å². The third-order valence-electron chi connectivity index (χ3n) is 4.07. The van der Waals surface area contributed by atoms with Gasteiger partial charge in [-0.25, -0.2) is 0 Å². The molecule has 1 unspecified atom stereocenters. The Morgan fingerprint density at radius 3 is 2.47 bits per heavy atom. The highest BCUT2D eigenvalue weighted by Gasteiger charge is 2.41. The highest BCUT2D eigenvalue weighted by Crippen LogP contribution is 2.35. The van der Waals surface area contributed by atoms with Gasteiger partial charge in [0, 0.05) is 19.1 Å². The quantitative estimate of drug-likeness (QED) is 0.647. The first-order chi connectivity index (χ1) is 9.09. The number of nitrogens with zero attached hydrogens (tertiary/aromatic N) is 1. The molecule has 0 heterocycles. The molecule has 0 saturated heterocycles. The van der Waals surface area contributed by atoms with Crippen molar-refractivity contribution in [2.75, 3.05) is 26.2 Å². The molecule has 0 spiro atoms. The predicted molar refractivity (Wildman–Crippen MR) is 76.0 cm³/mol. The van der Waals surface area contributed by atoms with Crippen molar-refractivity contribution < 1.29 is 9.53 Å². The summed E-state index contributed by atoms with van der Waals surface area (Å²) in [6.07, 6.45) is 5.30. The Balaban J connectivity index is 1.97. The van der Waals surface area contributed by atoms with Crippen LogP contribution in [0.3, 0.4) is 0 Å². The second-order valence-electron chi connectivity index (χ2n) is 6.19.